The number of carbonyl (C=O) groups is 2. The van der Waals surface area contributed by atoms with Crippen molar-refractivity contribution in [2.75, 3.05) is 5.32 Å². The van der Waals surface area contributed by atoms with Gasteiger partial charge in [-0.2, -0.15) is 0 Å². The predicted octanol–water partition coefficient (Wildman–Crippen LogP) is 5.06. The summed E-state index contributed by atoms with van der Waals surface area (Å²) in [5, 5.41) is 13.3. The van der Waals surface area contributed by atoms with E-state index in [4.69, 9.17) is 16.3 Å². The first-order chi connectivity index (χ1) is 14.8. The van der Waals surface area contributed by atoms with Gasteiger partial charge in [0.1, 0.15) is 22.2 Å². The third-order valence-electron chi connectivity index (χ3n) is 4.14. The minimum Gasteiger partial charge on any atom is -0.444 e. The summed E-state index contributed by atoms with van der Waals surface area (Å²) in [5.41, 5.74) is -1.16. The van der Waals surface area contributed by atoms with Crippen molar-refractivity contribution in [3.05, 3.63) is 105 Å². The number of benzene rings is 3. The molecule has 3 aromatic carbocycles. The maximum absolute atomic E-state index is 13.9. The highest BCUT2D eigenvalue weighted by molar-refractivity contribution is 6.32. The maximum Gasteiger partial charge on any atom is 0.345 e. The molecule has 1 amide bonds. The minimum atomic E-state index is -1.59. The maximum atomic E-state index is 13.9. The lowest BCUT2D eigenvalue weighted by molar-refractivity contribution is -0.384. The van der Waals surface area contributed by atoms with Gasteiger partial charge in [-0.05, 0) is 24.3 Å². The van der Waals surface area contributed by atoms with E-state index in [1.54, 1.807) is 18.2 Å². The van der Waals surface area contributed by atoms with E-state index < -0.39 is 45.8 Å². The largest absolute Gasteiger partial charge is 0.444 e. The van der Waals surface area contributed by atoms with Crippen molar-refractivity contribution in [1.82, 2.24) is 0 Å². The Balaban J connectivity index is 1.91. The summed E-state index contributed by atoms with van der Waals surface area (Å²) < 4.78 is 33.0. The molecular weight excluding hydrogens is 434 g/mol. The number of nitrogens with zero attached hydrogens (tertiary/aromatic N) is 1. The second-order valence-corrected chi connectivity index (χ2v) is 6.61. The van der Waals surface area contributed by atoms with Gasteiger partial charge in [0.05, 0.1) is 4.92 Å². The van der Waals surface area contributed by atoms with Crippen molar-refractivity contribution >= 4 is 34.9 Å². The molecule has 0 heterocycles. The summed E-state index contributed by atoms with van der Waals surface area (Å²) in [4.78, 5) is 35.6. The Morgan fingerprint density at radius 1 is 1.00 bits per heavy atom. The van der Waals surface area contributed by atoms with Crippen molar-refractivity contribution in [3.8, 4) is 0 Å². The third-order valence-corrected chi connectivity index (χ3v) is 4.46. The minimum absolute atomic E-state index is 0.00940. The molecule has 10 heteroatoms. The molecule has 0 spiro atoms. The van der Waals surface area contributed by atoms with Crippen LogP contribution in [0.2, 0.25) is 5.02 Å². The molecule has 1 N–H and O–H groups in total. The molecule has 3 aromatic rings. The van der Waals surface area contributed by atoms with Crippen LogP contribution in [0.4, 0.5) is 20.2 Å². The Morgan fingerprint density at radius 2 is 1.65 bits per heavy atom. The number of anilines is 1. The molecule has 0 radical (unpaired) electrons. The normalized spacial score (nSPS) is 11.5. The summed E-state index contributed by atoms with van der Waals surface area (Å²) in [6.45, 7) is 0. The number of rotatable bonds is 6. The van der Waals surface area contributed by atoms with Gasteiger partial charge in [0.2, 0.25) is 6.10 Å². The molecule has 0 fully saturated rings. The fourth-order valence-corrected chi connectivity index (χ4v) is 2.88. The van der Waals surface area contributed by atoms with Gasteiger partial charge in [-0.15, -0.1) is 0 Å². The number of hydrogen-bond acceptors (Lipinski definition) is 5. The van der Waals surface area contributed by atoms with Crippen molar-refractivity contribution in [1.29, 1.82) is 0 Å². The SMILES string of the molecule is O=C(O[C@@H](C(=O)Nc1ccc(Cl)c([N+](=O)[O-])c1)c1ccccc1)c1c(F)cccc1F. The average Bonchev–Trinajstić information content (AvgIpc) is 2.73. The molecule has 3 rings (SSSR count). The second kappa shape index (κ2) is 9.31. The Bertz CT molecular complexity index is 1140. The molecule has 0 aromatic heterocycles. The zero-order chi connectivity index (χ0) is 22.5. The zero-order valence-electron chi connectivity index (χ0n) is 15.6. The topological polar surface area (TPSA) is 98.5 Å². The number of halogens is 3. The van der Waals surface area contributed by atoms with Gasteiger partial charge >= 0.3 is 5.97 Å². The van der Waals surface area contributed by atoms with E-state index in [1.165, 1.54) is 24.3 Å². The molecule has 0 saturated heterocycles. The van der Waals surface area contributed by atoms with Crippen LogP contribution in [0.3, 0.4) is 0 Å². The van der Waals surface area contributed by atoms with Gasteiger partial charge in [-0.1, -0.05) is 48.0 Å². The first kappa shape index (κ1) is 21.8. The van der Waals surface area contributed by atoms with Crippen LogP contribution in [0, 0.1) is 21.7 Å². The molecule has 158 valence electrons. The lowest BCUT2D eigenvalue weighted by Gasteiger charge is -2.18. The van der Waals surface area contributed by atoms with Crippen molar-refractivity contribution in [3.63, 3.8) is 0 Å². The van der Waals surface area contributed by atoms with E-state index in [0.29, 0.717) is 0 Å². The molecule has 7 nitrogen and oxygen atoms in total. The Hall–Kier alpha value is -3.85. The summed E-state index contributed by atoms with van der Waals surface area (Å²) in [7, 11) is 0. The number of amides is 1. The van der Waals surface area contributed by atoms with E-state index in [1.807, 2.05) is 0 Å². The molecule has 0 aliphatic rings. The Kier molecular flexibility index (Phi) is 6.56. The van der Waals surface area contributed by atoms with Crippen LogP contribution in [0.5, 0.6) is 0 Å². The number of hydrogen-bond donors (Lipinski definition) is 1. The number of nitrogens with one attached hydrogen (secondary N) is 1. The lowest BCUT2D eigenvalue weighted by atomic mass is 10.1. The van der Waals surface area contributed by atoms with Crippen LogP contribution in [-0.2, 0) is 9.53 Å². The zero-order valence-corrected chi connectivity index (χ0v) is 16.3. The van der Waals surface area contributed by atoms with Crippen molar-refractivity contribution in [2.24, 2.45) is 0 Å². The predicted molar refractivity (Wildman–Crippen MR) is 108 cm³/mol. The van der Waals surface area contributed by atoms with Crippen LogP contribution in [0.1, 0.15) is 22.0 Å². The van der Waals surface area contributed by atoms with E-state index >= 15 is 0 Å². The summed E-state index contributed by atoms with van der Waals surface area (Å²) in [6.07, 6.45) is -1.59. The lowest BCUT2D eigenvalue weighted by Crippen LogP contribution is -2.26. The van der Waals surface area contributed by atoms with Gasteiger partial charge in [0.15, 0.2) is 0 Å². The van der Waals surface area contributed by atoms with Gasteiger partial charge in [0, 0.05) is 17.3 Å². The first-order valence-corrected chi connectivity index (χ1v) is 9.10. The second-order valence-electron chi connectivity index (χ2n) is 6.21. The average molecular weight is 447 g/mol. The van der Waals surface area contributed by atoms with Gasteiger partial charge in [-0.3, -0.25) is 14.9 Å². The number of esters is 1. The summed E-state index contributed by atoms with van der Waals surface area (Å²) >= 11 is 5.76. The van der Waals surface area contributed by atoms with Crippen LogP contribution >= 0.6 is 11.6 Å². The Labute approximate surface area is 179 Å². The molecule has 31 heavy (non-hydrogen) atoms. The molecule has 0 aliphatic carbocycles. The molecular formula is C21H13ClF2N2O5. The van der Waals surface area contributed by atoms with E-state index in [9.17, 15) is 28.5 Å². The number of nitro benzene ring substituents is 1. The fourth-order valence-electron chi connectivity index (χ4n) is 2.70. The van der Waals surface area contributed by atoms with Gasteiger partial charge < -0.3 is 10.1 Å². The monoisotopic (exact) mass is 446 g/mol. The standard InChI is InChI=1S/C21H13ClF2N2O5/c22-14-10-9-13(11-17(14)26(29)30)25-20(27)19(12-5-2-1-3-6-12)31-21(28)18-15(23)7-4-8-16(18)24/h1-11,19H,(H,25,27)/t19-/m1/s1. The quantitative estimate of drug-likeness (QED) is 0.324. The van der Waals surface area contributed by atoms with Crippen molar-refractivity contribution < 1.29 is 28.0 Å². The molecule has 0 aliphatic heterocycles. The van der Waals surface area contributed by atoms with Crippen LogP contribution in [0.15, 0.2) is 66.7 Å². The summed E-state index contributed by atoms with van der Waals surface area (Å²) in [5.74, 6) is -4.58. The number of carbonyl (C=O) groups excluding carboxylic acids is 2. The van der Waals surface area contributed by atoms with Gasteiger partial charge in [0.25, 0.3) is 11.6 Å². The number of ether oxygens (including phenoxy) is 1. The van der Waals surface area contributed by atoms with Gasteiger partial charge in [-0.25, -0.2) is 13.6 Å². The van der Waals surface area contributed by atoms with Crippen molar-refractivity contribution in [2.45, 2.75) is 6.10 Å². The van der Waals surface area contributed by atoms with E-state index in [0.717, 1.165) is 24.3 Å². The molecule has 0 saturated carbocycles. The number of nitro groups is 1. The highest BCUT2D eigenvalue weighted by Gasteiger charge is 2.29. The van der Waals surface area contributed by atoms with Crippen LogP contribution in [0.25, 0.3) is 0 Å². The smallest absolute Gasteiger partial charge is 0.345 e. The molecule has 0 bridgehead atoms. The highest BCUT2D eigenvalue weighted by atomic mass is 35.5. The molecule has 1 atom stereocenters. The summed E-state index contributed by atoms with van der Waals surface area (Å²) in [6, 6.07) is 14.1. The molecule has 0 unspecified atom stereocenters. The fraction of sp³-hybridized carbons (Fsp3) is 0.0476. The first-order valence-electron chi connectivity index (χ1n) is 8.72. The third kappa shape index (κ3) is 5.01. The van der Waals surface area contributed by atoms with Crippen LogP contribution < -0.4 is 5.32 Å². The van der Waals surface area contributed by atoms with Crippen LogP contribution in [-0.4, -0.2) is 16.8 Å². The van der Waals surface area contributed by atoms with E-state index in [2.05, 4.69) is 5.32 Å². The highest BCUT2D eigenvalue weighted by Crippen LogP contribution is 2.29. The Morgan fingerprint density at radius 3 is 2.26 bits per heavy atom. The van der Waals surface area contributed by atoms with E-state index in [-0.39, 0.29) is 16.3 Å².